The van der Waals surface area contributed by atoms with Crippen molar-refractivity contribution in [3.05, 3.63) is 90.1 Å². The molecule has 1 aliphatic rings. The zero-order valence-corrected chi connectivity index (χ0v) is 23.8. The van der Waals surface area contributed by atoms with Crippen LogP contribution in [-0.2, 0) is 4.74 Å². The molecule has 200 valence electrons. The van der Waals surface area contributed by atoms with Crippen LogP contribution in [-0.4, -0.2) is 22.7 Å². The molecule has 0 radical (unpaired) electrons. The molecule has 1 aromatic heterocycles. The van der Waals surface area contributed by atoms with Crippen molar-refractivity contribution in [2.45, 2.75) is 74.1 Å². The minimum atomic E-state index is -0.772. The third-order valence-electron chi connectivity index (χ3n) is 4.94. The van der Waals surface area contributed by atoms with Crippen LogP contribution >= 0.6 is 0 Å². The van der Waals surface area contributed by atoms with Crippen molar-refractivity contribution in [3.63, 3.8) is 0 Å². The maximum atomic E-state index is 12.2. The Bertz CT molecular complexity index is 1140. The van der Waals surface area contributed by atoms with E-state index >= 15 is 0 Å². The number of para-hydroxylation sites is 1. The number of carbonyl (C=O) groups is 1. The molecule has 0 saturated carbocycles. The van der Waals surface area contributed by atoms with Gasteiger partial charge in [0.1, 0.15) is 12.1 Å². The Kier molecular flexibility index (Phi) is 15.1. The second-order valence-electron chi connectivity index (χ2n) is 7.87. The van der Waals surface area contributed by atoms with Crippen molar-refractivity contribution in [1.29, 1.82) is 0 Å². The van der Waals surface area contributed by atoms with Crippen LogP contribution in [0.25, 0.3) is 22.0 Å². The summed E-state index contributed by atoms with van der Waals surface area (Å²) in [4.78, 5) is 18.7. The second-order valence-corrected chi connectivity index (χ2v) is 7.87. The summed E-state index contributed by atoms with van der Waals surface area (Å²) < 4.78 is 5.44. The molecule has 0 aliphatic heterocycles. The highest BCUT2D eigenvalue weighted by Crippen LogP contribution is 2.44. The molecule has 5 heteroatoms. The van der Waals surface area contributed by atoms with Gasteiger partial charge in [-0.3, -0.25) is 4.84 Å². The molecule has 4 aromatic rings. The molecule has 3 aromatic carbocycles. The fourth-order valence-corrected chi connectivity index (χ4v) is 3.71. The Balaban J connectivity index is 0.000000606. The minimum absolute atomic E-state index is 0.000634. The summed E-state index contributed by atoms with van der Waals surface area (Å²) in [6, 6.07) is 23.9. The molecule has 0 saturated heterocycles. The monoisotopic (exact) mass is 504 g/mol. The van der Waals surface area contributed by atoms with Crippen molar-refractivity contribution in [1.82, 2.24) is 9.94 Å². The number of nitrogens with zero attached hydrogens (tertiary/aromatic N) is 2. The van der Waals surface area contributed by atoms with Crippen LogP contribution in [0, 0.1) is 0 Å². The molecule has 0 fully saturated rings. The summed E-state index contributed by atoms with van der Waals surface area (Å²) in [6.45, 7) is 16.7. The highest BCUT2D eigenvalue weighted by Gasteiger charge is 2.29. The Hall–Kier alpha value is -3.60. The first kappa shape index (κ1) is 31.4. The average Bonchev–Trinajstić information content (AvgIpc) is 3.50. The quantitative estimate of drug-likeness (QED) is 0.261. The molecule has 0 atom stereocenters. The van der Waals surface area contributed by atoms with Crippen molar-refractivity contribution < 1.29 is 14.4 Å². The molecule has 0 N–H and O–H groups in total. The zero-order chi connectivity index (χ0) is 27.6. The van der Waals surface area contributed by atoms with Gasteiger partial charge in [-0.15, -0.1) is 5.10 Å². The smallest absolute Gasteiger partial charge is 0.432 e. The van der Waals surface area contributed by atoms with Gasteiger partial charge in [0, 0.05) is 11.3 Å². The average molecular weight is 505 g/mol. The van der Waals surface area contributed by atoms with E-state index in [1.807, 2.05) is 76.2 Å². The maximum Gasteiger partial charge on any atom is 0.535 e. The van der Waals surface area contributed by atoms with Gasteiger partial charge in [-0.2, -0.15) is 0 Å². The number of aromatic nitrogens is 2. The van der Waals surface area contributed by atoms with E-state index in [1.54, 1.807) is 6.20 Å². The van der Waals surface area contributed by atoms with E-state index < -0.39 is 6.16 Å². The predicted octanol–water partition coefficient (Wildman–Crippen LogP) is 9.30. The van der Waals surface area contributed by atoms with Crippen LogP contribution in [0.1, 0.15) is 85.3 Å². The van der Waals surface area contributed by atoms with Gasteiger partial charge >= 0.3 is 6.16 Å². The van der Waals surface area contributed by atoms with Crippen LogP contribution in [0.4, 0.5) is 4.79 Å². The molecule has 1 aliphatic carbocycles. The molecule has 0 unspecified atom stereocenters. The number of hydrogen-bond acceptors (Lipinski definition) is 4. The lowest BCUT2D eigenvalue weighted by molar-refractivity contribution is 0.0396. The number of benzene rings is 3. The van der Waals surface area contributed by atoms with Gasteiger partial charge in [-0.1, -0.05) is 140 Å². The largest absolute Gasteiger partial charge is 0.535 e. The lowest BCUT2D eigenvalue weighted by atomic mass is 9.98. The number of carbonyl (C=O) groups excluding carboxylic acids is 1. The number of hydrogen-bond donors (Lipinski definition) is 0. The van der Waals surface area contributed by atoms with Crippen LogP contribution in [0.5, 0.6) is 0 Å². The van der Waals surface area contributed by atoms with Crippen molar-refractivity contribution in [3.8, 4) is 11.1 Å². The van der Waals surface area contributed by atoms with E-state index in [4.69, 9.17) is 9.57 Å². The first-order chi connectivity index (χ1) is 18.1. The van der Waals surface area contributed by atoms with Gasteiger partial charge in [-0.05, 0) is 28.3 Å². The highest BCUT2D eigenvalue weighted by molar-refractivity contribution is 5.79. The van der Waals surface area contributed by atoms with E-state index in [0.29, 0.717) is 5.52 Å². The second kappa shape index (κ2) is 17.8. The summed E-state index contributed by atoms with van der Waals surface area (Å²) in [5, 5.41) is 4.97. The summed E-state index contributed by atoms with van der Waals surface area (Å²) in [7, 11) is 0. The van der Waals surface area contributed by atoms with Gasteiger partial charge in [0.25, 0.3) is 0 Å². The Morgan fingerprint density at radius 2 is 1.22 bits per heavy atom. The number of ether oxygens (including phenoxy) is 1. The fourth-order valence-electron chi connectivity index (χ4n) is 3.71. The van der Waals surface area contributed by atoms with Gasteiger partial charge in [0.15, 0.2) is 0 Å². The Labute approximate surface area is 223 Å². The topological polar surface area (TPSA) is 53.4 Å². The number of rotatable bonds is 3. The van der Waals surface area contributed by atoms with Crippen molar-refractivity contribution >= 4 is 17.1 Å². The van der Waals surface area contributed by atoms with E-state index in [-0.39, 0.29) is 12.5 Å². The van der Waals surface area contributed by atoms with Crippen LogP contribution in [0.3, 0.4) is 0 Å². The molecule has 5 rings (SSSR count). The SMILES string of the molecule is CC.CC.CCC.CCC.O=C(OCC1c2ccccc2-c2ccccc21)On1ncc2ccccc21. The number of fused-ring (bicyclic) bond motifs is 4. The standard InChI is InChI=1S/C22H16N2O3.2C3H8.2C2H6/c25-22(27-24-21-12-6-1-7-15(21)13-23-24)26-14-20-18-10-4-2-8-16(18)17-9-3-5-11-19(17)20;2*1-3-2;2*1-2/h1-13,20H,14H2;2*3H2,1-2H3;2*1-2H3. The summed E-state index contributed by atoms with van der Waals surface area (Å²) >= 11 is 0. The van der Waals surface area contributed by atoms with E-state index in [1.165, 1.54) is 28.8 Å². The Morgan fingerprint density at radius 1 is 0.757 bits per heavy atom. The van der Waals surface area contributed by atoms with Crippen LogP contribution < -0.4 is 4.84 Å². The highest BCUT2D eigenvalue weighted by atomic mass is 16.8. The van der Waals surface area contributed by atoms with Gasteiger partial charge in [0.05, 0.1) is 6.20 Å². The third kappa shape index (κ3) is 8.49. The summed E-state index contributed by atoms with van der Waals surface area (Å²) in [5.74, 6) is -0.000634. The van der Waals surface area contributed by atoms with Gasteiger partial charge < -0.3 is 4.74 Å². The normalized spacial score (nSPS) is 10.5. The van der Waals surface area contributed by atoms with E-state index in [9.17, 15) is 4.79 Å². The lowest BCUT2D eigenvalue weighted by Crippen LogP contribution is -2.23. The molecular weight excluding hydrogens is 460 g/mol. The molecule has 1 heterocycles. The molecule has 37 heavy (non-hydrogen) atoms. The predicted molar refractivity (Wildman–Crippen MR) is 156 cm³/mol. The van der Waals surface area contributed by atoms with E-state index in [0.717, 1.165) is 16.5 Å². The minimum Gasteiger partial charge on any atom is -0.432 e. The van der Waals surface area contributed by atoms with Crippen LogP contribution in [0.15, 0.2) is 79.0 Å². The van der Waals surface area contributed by atoms with Gasteiger partial charge in [0.2, 0.25) is 0 Å². The van der Waals surface area contributed by atoms with Crippen LogP contribution in [0.2, 0.25) is 0 Å². The summed E-state index contributed by atoms with van der Waals surface area (Å²) in [5.41, 5.74) is 5.42. The van der Waals surface area contributed by atoms with Crippen molar-refractivity contribution in [2.24, 2.45) is 0 Å². The zero-order valence-electron chi connectivity index (χ0n) is 23.8. The van der Waals surface area contributed by atoms with Gasteiger partial charge in [-0.25, -0.2) is 4.79 Å². The lowest BCUT2D eigenvalue weighted by Gasteiger charge is -2.13. The molecule has 0 bridgehead atoms. The Morgan fingerprint density at radius 3 is 1.76 bits per heavy atom. The molecule has 5 nitrogen and oxygen atoms in total. The third-order valence-corrected chi connectivity index (χ3v) is 4.94. The fraction of sp³-hybridized carbons (Fsp3) is 0.375. The first-order valence-corrected chi connectivity index (χ1v) is 13.6. The van der Waals surface area contributed by atoms with Crippen molar-refractivity contribution in [2.75, 3.05) is 6.61 Å². The molecule has 0 amide bonds. The molecule has 0 spiro atoms. The molecular formula is C32H44N2O3. The first-order valence-electron chi connectivity index (χ1n) is 13.6. The van der Waals surface area contributed by atoms with E-state index in [2.05, 4.69) is 57.1 Å². The summed E-state index contributed by atoms with van der Waals surface area (Å²) in [6.07, 6.45) is 3.37. The maximum absolute atomic E-state index is 12.2.